The number of hydrogen-bond donors (Lipinski definition) is 2. The van der Waals surface area contributed by atoms with Gasteiger partial charge in [0.2, 0.25) is 0 Å². The molecular formula is C17H20N2O3S2. The molecule has 1 aromatic carbocycles. The van der Waals surface area contributed by atoms with Gasteiger partial charge in [-0.3, -0.25) is 4.79 Å². The number of nitrogens with zero attached hydrogens (tertiary/aromatic N) is 1. The number of aliphatic hydroxyl groups is 1. The smallest absolute Gasteiger partial charge is 0.252 e. The molecule has 128 valence electrons. The first-order valence-electron chi connectivity index (χ1n) is 7.78. The van der Waals surface area contributed by atoms with E-state index in [1.54, 1.807) is 17.8 Å². The SMILES string of the molecule is Cc1cc(CSc2ccccc2C(=O)NCC2(O)CCSC2)on1. The second-order valence-electron chi connectivity index (χ2n) is 5.93. The Morgan fingerprint density at radius 1 is 1.50 bits per heavy atom. The zero-order chi connectivity index (χ0) is 17.0. The first-order valence-corrected chi connectivity index (χ1v) is 9.92. The number of benzene rings is 1. The van der Waals surface area contributed by atoms with Crippen LogP contribution in [0.2, 0.25) is 0 Å². The molecule has 5 nitrogen and oxygen atoms in total. The van der Waals surface area contributed by atoms with E-state index in [0.29, 0.717) is 23.6 Å². The number of rotatable bonds is 6. The van der Waals surface area contributed by atoms with Gasteiger partial charge < -0.3 is 14.9 Å². The van der Waals surface area contributed by atoms with Gasteiger partial charge in [-0.1, -0.05) is 17.3 Å². The zero-order valence-electron chi connectivity index (χ0n) is 13.4. The lowest BCUT2D eigenvalue weighted by Crippen LogP contribution is -2.43. The van der Waals surface area contributed by atoms with Gasteiger partial charge in [0.15, 0.2) is 0 Å². The molecule has 1 amide bonds. The third-order valence-corrected chi connectivity index (χ3v) is 6.17. The molecule has 1 aliphatic heterocycles. The van der Waals surface area contributed by atoms with Crippen LogP contribution < -0.4 is 5.32 Å². The zero-order valence-corrected chi connectivity index (χ0v) is 15.1. The number of aromatic nitrogens is 1. The van der Waals surface area contributed by atoms with E-state index in [1.165, 1.54) is 11.8 Å². The van der Waals surface area contributed by atoms with Crippen molar-refractivity contribution in [2.45, 2.75) is 29.6 Å². The average molecular weight is 364 g/mol. The quantitative estimate of drug-likeness (QED) is 0.768. The molecular weight excluding hydrogens is 344 g/mol. The van der Waals surface area contributed by atoms with Gasteiger partial charge in [0.1, 0.15) is 5.76 Å². The first-order chi connectivity index (χ1) is 11.6. The van der Waals surface area contributed by atoms with Crippen molar-refractivity contribution in [3.05, 3.63) is 47.3 Å². The van der Waals surface area contributed by atoms with Crippen molar-refractivity contribution < 1.29 is 14.4 Å². The van der Waals surface area contributed by atoms with Gasteiger partial charge in [0.05, 0.1) is 22.6 Å². The number of nitrogens with one attached hydrogen (secondary N) is 1. The summed E-state index contributed by atoms with van der Waals surface area (Å²) in [5.41, 5.74) is 0.687. The second-order valence-corrected chi connectivity index (χ2v) is 8.05. The monoisotopic (exact) mass is 364 g/mol. The Morgan fingerprint density at radius 2 is 2.33 bits per heavy atom. The predicted molar refractivity (Wildman–Crippen MR) is 96.5 cm³/mol. The Morgan fingerprint density at radius 3 is 3.04 bits per heavy atom. The van der Waals surface area contributed by atoms with Gasteiger partial charge in [-0.15, -0.1) is 11.8 Å². The highest BCUT2D eigenvalue weighted by Gasteiger charge is 2.32. The highest BCUT2D eigenvalue weighted by atomic mass is 32.2. The topological polar surface area (TPSA) is 75.4 Å². The molecule has 0 radical (unpaired) electrons. The van der Waals surface area contributed by atoms with Crippen LogP contribution in [0.1, 0.15) is 28.2 Å². The van der Waals surface area contributed by atoms with Crippen LogP contribution in [-0.4, -0.2) is 39.8 Å². The molecule has 1 atom stereocenters. The van der Waals surface area contributed by atoms with Gasteiger partial charge in [-0.25, -0.2) is 0 Å². The van der Waals surface area contributed by atoms with E-state index in [9.17, 15) is 9.90 Å². The molecule has 0 saturated carbocycles. The van der Waals surface area contributed by atoms with Crippen LogP contribution in [0.3, 0.4) is 0 Å². The Balaban J connectivity index is 1.63. The lowest BCUT2D eigenvalue weighted by atomic mass is 10.0. The molecule has 24 heavy (non-hydrogen) atoms. The van der Waals surface area contributed by atoms with Crippen LogP contribution in [0.5, 0.6) is 0 Å². The maximum Gasteiger partial charge on any atom is 0.252 e. The van der Waals surface area contributed by atoms with Gasteiger partial charge in [-0.05, 0) is 31.2 Å². The lowest BCUT2D eigenvalue weighted by Gasteiger charge is -2.21. The second kappa shape index (κ2) is 7.63. The lowest BCUT2D eigenvalue weighted by molar-refractivity contribution is 0.0611. The maximum atomic E-state index is 12.5. The van der Waals surface area contributed by atoms with E-state index >= 15 is 0 Å². The van der Waals surface area contributed by atoms with Crippen molar-refractivity contribution in [3.8, 4) is 0 Å². The normalized spacial score (nSPS) is 20.2. The molecule has 2 aromatic rings. The van der Waals surface area contributed by atoms with E-state index in [2.05, 4.69) is 10.5 Å². The van der Waals surface area contributed by atoms with Gasteiger partial charge in [0.25, 0.3) is 5.91 Å². The summed E-state index contributed by atoms with van der Waals surface area (Å²) < 4.78 is 5.21. The van der Waals surface area contributed by atoms with Crippen molar-refractivity contribution in [1.29, 1.82) is 0 Å². The number of hydrogen-bond acceptors (Lipinski definition) is 6. The van der Waals surface area contributed by atoms with Crippen molar-refractivity contribution >= 4 is 29.4 Å². The number of amides is 1. The molecule has 1 unspecified atom stereocenters. The summed E-state index contributed by atoms with van der Waals surface area (Å²) >= 11 is 3.26. The molecule has 1 saturated heterocycles. The minimum atomic E-state index is -0.778. The summed E-state index contributed by atoms with van der Waals surface area (Å²) in [4.78, 5) is 13.4. The fourth-order valence-electron chi connectivity index (χ4n) is 2.49. The largest absolute Gasteiger partial charge is 0.387 e. The van der Waals surface area contributed by atoms with Crippen molar-refractivity contribution in [2.75, 3.05) is 18.1 Å². The minimum Gasteiger partial charge on any atom is -0.387 e. The maximum absolute atomic E-state index is 12.5. The number of aryl methyl sites for hydroxylation is 1. The molecule has 2 heterocycles. The van der Waals surface area contributed by atoms with Gasteiger partial charge in [-0.2, -0.15) is 11.8 Å². The Kier molecular flexibility index (Phi) is 5.53. The summed E-state index contributed by atoms with van der Waals surface area (Å²) in [6.07, 6.45) is 0.721. The third-order valence-electron chi connectivity index (χ3n) is 3.84. The molecule has 0 spiro atoms. The minimum absolute atomic E-state index is 0.155. The van der Waals surface area contributed by atoms with Crippen LogP contribution in [0.4, 0.5) is 0 Å². The van der Waals surface area contributed by atoms with Gasteiger partial charge in [0, 0.05) is 23.3 Å². The first kappa shape index (κ1) is 17.4. The Labute approximate surface area is 149 Å². The number of carbonyl (C=O) groups is 1. The van der Waals surface area contributed by atoms with Crippen LogP contribution in [-0.2, 0) is 5.75 Å². The van der Waals surface area contributed by atoms with Crippen LogP contribution in [0.15, 0.2) is 39.8 Å². The van der Waals surface area contributed by atoms with E-state index in [4.69, 9.17) is 4.52 Å². The summed E-state index contributed by atoms with van der Waals surface area (Å²) in [6, 6.07) is 9.37. The Hall–Kier alpha value is -1.44. The van der Waals surface area contributed by atoms with E-state index in [0.717, 1.165) is 28.5 Å². The van der Waals surface area contributed by atoms with Gasteiger partial charge >= 0.3 is 0 Å². The Bertz CT molecular complexity index is 711. The highest BCUT2D eigenvalue weighted by Crippen LogP contribution is 2.28. The predicted octanol–water partition coefficient (Wildman–Crippen LogP) is 2.87. The standard InChI is InChI=1S/C17H20N2O3S2/c1-12-8-13(22-19-12)9-24-15-5-3-2-4-14(15)16(20)18-10-17(21)6-7-23-11-17/h2-5,8,21H,6-7,9-11H2,1H3,(H,18,20). The summed E-state index contributed by atoms with van der Waals surface area (Å²) in [6.45, 7) is 2.17. The third kappa shape index (κ3) is 4.34. The van der Waals surface area contributed by atoms with Crippen LogP contribution >= 0.6 is 23.5 Å². The molecule has 0 aliphatic carbocycles. The van der Waals surface area contributed by atoms with E-state index in [1.807, 2.05) is 31.2 Å². The fourth-order valence-corrected chi connectivity index (χ4v) is 4.71. The average Bonchev–Trinajstić information content (AvgIpc) is 3.20. The molecule has 0 bridgehead atoms. The van der Waals surface area contributed by atoms with Crippen LogP contribution in [0.25, 0.3) is 0 Å². The number of thioether (sulfide) groups is 2. The molecule has 7 heteroatoms. The van der Waals surface area contributed by atoms with Crippen molar-refractivity contribution in [1.82, 2.24) is 10.5 Å². The van der Waals surface area contributed by atoms with Crippen LogP contribution in [0, 0.1) is 6.92 Å². The number of carbonyl (C=O) groups excluding carboxylic acids is 1. The molecule has 1 aliphatic rings. The van der Waals surface area contributed by atoms with E-state index < -0.39 is 5.60 Å². The molecule has 3 rings (SSSR count). The summed E-state index contributed by atoms with van der Waals surface area (Å²) in [5, 5.41) is 17.1. The fraction of sp³-hybridized carbons (Fsp3) is 0.412. The summed E-state index contributed by atoms with van der Waals surface area (Å²) in [5.74, 6) is 2.86. The molecule has 2 N–H and O–H groups in total. The summed E-state index contributed by atoms with van der Waals surface area (Å²) in [7, 11) is 0. The van der Waals surface area contributed by atoms with E-state index in [-0.39, 0.29) is 5.91 Å². The highest BCUT2D eigenvalue weighted by molar-refractivity contribution is 7.99. The van der Waals surface area contributed by atoms with Crippen molar-refractivity contribution in [3.63, 3.8) is 0 Å². The molecule has 1 fully saturated rings. The van der Waals surface area contributed by atoms with Crippen molar-refractivity contribution in [2.24, 2.45) is 0 Å². The molecule has 1 aromatic heterocycles.